The predicted molar refractivity (Wildman–Crippen MR) is 71.2 cm³/mol. The molecule has 1 aromatic heterocycles. The molecule has 0 saturated carbocycles. The Morgan fingerprint density at radius 3 is 3.12 bits per heavy atom. The Kier molecular flexibility index (Phi) is 4.05. The van der Waals surface area contributed by atoms with E-state index in [1.165, 1.54) is 12.8 Å². The fourth-order valence-electron chi connectivity index (χ4n) is 2.02. The Bertz CT molecular complexity index is 366. The van der Waals surface area contributed by atoms with Crippen molar-refractivity contribution in [3.05, 3.63) is 21.8 Å². The molecule has 1 aliphatic rings. The second-order valence-corrected chi connectivity index (χ2v) is 5.46. The molecule has 0 bridgehead atoms. The van der Waals surface area contributed by atoms with Crippen LogP contribution in [0.25, 0.3) is 0 Å². The molecule has 88 valence electrons. The first-order valence-electron chi connectivity index (χ1n) is 5.42. The molecule has 2 rings (SSSR count). The topological polar surface area (TPSA) is 28.2 Å². The molecule has 1 N–H and O–H groups in total. The predicted octanol–water partition coefficient (Wildman–Crippen LogP) is 2.69. The van der Waals surface area contributed by atoms with Gasteiger partial charge in [-0.2, -0.15) is 0 Å². The maximum absolute atomic E-state index is 6.16. The Morgan fingerprint density at radius 2 is 2.50 bits per heavy atom. The highest BCUT2D eigenvalue weighted by Crippen LogP contribution is 2.25. The SMILES string of the molecule is CN(CC1CCCN1)c1ncc(Br)cc1Cl. The van der Waals surface area contributed by atoms with Gasteiger partial charge in [-0.15, -0.1) is 0 Å². The van der Waals surface area contributed by atoms with Crippen LogP contribution in [0.15, 0.2) is 16.7 Å². The number of hydrogen-bond donors (Lipinski definition) is 1. The maximum atomic E-state index is 6.16. The largest absolute Gasteiger partial charge is 0.357 e. The third-order valence-corrected chi connectivity index (χ3v) is 3.52. The van der Waals surface area contributed by atoms with E-state index >= 15 is 0 Å². The highest BCUT2D eigenvalue weighted by molar-refractivity contribution is 9.10. The fourth-order valence-corrected chi connectivity index (χ4v) is 2.79. The van der Waals surface area contributed by atoms with Gasteiger partial charge in [-0.05, 0) is 41.4 Å². The molecular formula is C11H15BrClN3. The van der Waals surface area contributed by atoms with E-state index in [9.17, 15) is 0 Å². The highest BCUT2D eigenvalue weighted by atomic mass is 79.9. The number of anilines is 1. The van der Waals surface area contributed by atoms with Crippen molar-refractivity contribution in [2.45, 2.75) is 18.9 Å². The van der Waals surface area contributed by atoms with E-state index in [2.05, 4.69) is 31.1 Å². The van der Waals surface area contributed by atoms with Gasteiger partial charge in [0.2, 0.25) is 0 Å². The van der Waals surface area contributed by atoms with Gasteiger partial charge in [-0.3, -0.25) is 0 Å². The summed E-state index contributed by atoms with van der Waals surface area (Å²) in [5, 5.41) is 4.16. The first-order chi connectivity index (χ1) is 7.66. The lowest BCUT2D eigenvalue weighted by Crippen LogP contribution is -2.35. The Labute approximate surface area is 109 Å². The zero-order valence-electron chi connectivity index (χ0n) is 9.21. The van der Waals surface area contributed by atoms with Gasteiger partial charge in [0.1, 0.15) is 5.82 Å². The summed E-state index contributed by atoms with van der Waals surface area (Å²) < 4.78 is 0.911. The quantitative estimate of drug-likeness (QED) is 0.930. The van der Waals surface area contributed by atoms with Crippen LogP contribution in [-0.2, 0) is 0 Å². The molecule has 0 aliphatic carbocycles. The van der Waals surface area contributed by atoms with Gasteiger partial charge in [0.05, 0.1) is 5.02 Å². The summed E-state index contributed by atoms with van der Waals surface area (Å²) in [6.45, 7) is 2.08. The summed E-state index contributed by atoms with van der Waals surface area (Å²) in [6, 6.07) is 2.44. The van der Waals surface area contributed by atoms with Crippen LogP contribution in [0.2, 0.25) is 5.02 Å². The molecule has 0 amide bonds. The van der Waals surface area contributed by atoms with Gasteiger partial charge < -0.3 is 10.2 Å². The molecule has 0 radical (unpaired) electrons. The van der Waals surface area contributed by atoms with E-state index in [4.69, 9.17) is 11.6 Å². The summed E-state index contributed by atoms with van der Waals surface area (Å²) in [5.41, 5.74) is 0. The molecule has 1 atom stereocenters. The van der Waals surface area contributed by atoms with Crippen LogP contribution in [0.1, 0.15) is 12.8 Å². The summed E-state index contributed by atoms with van der Waals surface area (Å²) in [6.07, 6.45) is 4.28. The first kappa shape index (κ1) is 12.1. The Balaban J connectivity index is 2.04. The monoisotopic (exact) mass is 303 g/mol. The van der Waals surface area contributed by atoms with Gasteiger partial charge in [-0.25, -0.2) is 4.98 Å². The van der Waals surface area contributed by atoms with Crippen molar-refractivity contribution < 1.29 is 0 Å². The fraction of sp³-hybridized carbons (Fsp3) is 0.545. The molecule has 1 aromatic rings. The second kappa shape index (κ2) is 5.34. The molecule has 1 unspecified atom stereocenters. The average Bonchev–Trinajstić information content (AvgIpc) is 2.70. The lowest BCUT2D eigenvalue weighted by Gasteiger charge is -2.23. The van der Waals surface area contributed by atoms with Crippen LogP contribution in [0.5, 0.6) is 0 Å². The number of halogens is 2. The molecule has 1 fully saturated rings. The van der Waals surface area contributed by atoms with Crippen molar-refractivity contribution in [3.63, 3.8) is 0 Å². The minimum Gasteiger partial charge on any atom is -0.357 e. The molecule has 16 heavy (non-hydrogen) atoms. The minimum atomic E-state index is 0.562. The van der Waals surface area contributed by atoms with Gasteiger partial charge in [0, 0.05) is 30.3 Å². The maximum Gasteiger partial charge on any atom is 0.147 e. The molecule has 0 aromatic carbocycles. The zero-order chi connectivity index (χ0) is 11.5. The number of aromatic nitrogens is 1. The smallest absolute Gasteiger partial charge is 0.147 e. The van der Waals surface area contributed by atoms with Gasteiger partial charge in [0.15, 0.2) is 0 Å². The van der Waals surface area contributed by atoms with E-state index in [0.29, 0.717) is 11.1 Å². The van der Waals surface area contributed by atoms with E-state index in [1.54, 1.807) is 6.20 Å². The number of rotatable bonds is 3. The van der Waals surface area contributed by atoms with Crippen molar-refractivity contribution in [2.24, 2.45) is 0 Å². The van der Waals surface area contributed by atoms with E-state index < -0.39 is 0 Å². The van der Waals surface area contributed by atoms with Crippen molar-refractivity contribution in [1.82, 2.24) is 10.3 Å². The number of nitrogens with zero attached hydrogens (tertiary/aromatic N) is 2. The van der Waals surface area contributed by atoms with Gasteiger partial charge >= 0.3 is 0 Å². The van der Waals surface area contributed by atoms with Crippen molar-refractivity contribution in [2.75, 3.05) is 25.0 Å². The molecular weight excluding hydrogens is 289 g/mol. The highest BCUT2D eigenvalue weighted by Gasteiger charge is 2.17. The van der Waals surface area contributed by atoms with Crippen LogP contribution in [0, 0.1) is 0 Å². The molecule has 1 aliphatic heterocycles. The van der Waals surface area contributed by atoms with Crippen LogP contribution in [-0.4, -0.2) is 31.2 Å². The summed E-state index contributed by atoms with van der Waals surface area (Å²) in [5.74, 6) is 0.846. The molecule has 0 spiro atoms. The van der Waals surface area contributed by atoms with Crippen LogP contribution in [0.3, 0.4) is 0 Å². The van der Waals surface area contributed by atoms with E-state index in [-0.39, 0.29) is 0 Å². The molecule has 1 saturated heterocycles. The number of nitrogens with one attached hydrogen (secondary N) is 1. The van der Waals surface area contributed by atoms with Crippen molar-refractivity contribution in [1.29, 1.82) is 0 Å². The zero-order valence-corrected chi connectivity index (χ0v) is 11.6. The molecule has 3 nitrogen and oxygen atoms in total. The lowest BCUT2D eigenvalue weighted by molar-refractivity contribution is 0.597. The second-order valence-electron chi connectivity index (χ2n) is 4.13. The lowest BCUT2D eigenvalue weighted by atomic mass is 10.2. The Hall–Kier alpha value is -0.320. The standard InChI is InChI=1S/C11H15BrClN3/c1-16(7-9-3-2-4-14-9)11-10(13)5-8(12)6-15-11/h5-6,9,14H,2-4,7H2,1H3. The number of hydrogen-bond acceptors (Lipinski definition) is 3. The normalized spacial score (nSPS) is 20.1. The van der Waals surface area contributed by atoms with Gasteiger partial charge in [-0.1, -0.05) is 11.6 Å². The van der Waals surface area contributed by atoms with Crippen molar-refractivity contribution in [3.8, 4) is 0 Å². The Morgan fingerprint density at radius 1 is 1.69 bits per heavy atom. The van der Waals surface area contributed by atoms with E-state index in [1.807, 2.05) is 13.1 Å². The third kappa shape index (κ3) is 2.87. The first-order valence-corrected chi connectivity index (χ1v) is 6.59. The van der Waals surface area contributed by atoms with E-state index in [0.717, 1.165) is 23.4 Å². The minimum absolute atomic E-state index is 0.562. The summed E-state index contributed by atoms with van der Waals surface area (Å²) >= 11 is 9.51. The number of pyridine rings is 1. The van der Waals surface area contributed by atoms with Crippen LogP contribution < -0.4 is 10.2 Å². The van der Waals surface area contributed by atoms with Crippen molar-refractivity contribution >= 4 is 33.3 Å². The van der Waals surface area contributed by atoms with Crippen LogP contribution in [0.4, 0.5) is 5.82 Å². The molecule has 2 heterocycles. The summed E-state index contributed by atoms with van der Waals surface area (Å²) in [7, 11) is 2.03. The number of likely N-dealkylation sites (N-methyl/N-ethyl adjacent to an activating group) is 1. The van der Waals surface area contributed by atoms with Gasteiger partial charge in [0.25, 0.3) is 0 Å². The van der Waals surface area contributed by atoms with Crippen LogP contribution >= 0.6 is 27.5 Å². The molecule has 5 heteroatoms. The summed E-state index contributed by atoms with van der Waals surface area (Å²) in [4.78, 5) is 6.45. The average molecular weight is 305 g/mol. The third-order valence-electron chi connectivity index (χ3n) is 2.81.